The van der Waals surface area contributed by atoms with Crippen LogP contribution >= 0.6 is 0 Å². The number of para-hydroxylation sites is 2. The number of carbonyl (C=O) groups is 1. The zero-order chi connectivity index (χ0) is 15.8. The minimum Gasteiger partial charge on any atom is -0.491 e. The summed E-state index contributed by atoms with van der Waals surface area (Å²) < 4.78 is 5.75. The molecule has 0 aromatic heterocycles. The molecule has 0 radical (unpaired) electrons. The van der Waals surface area contributed by atoms with E-state index < -0.39 is 0 Å². The van der Waals surface area contributed by atoms with Crippen molar-refractivity contribution >= 4 is 11.6 Å². The fourth-order valence-electron chi connectivity index (χ4n) is 2.07. The maximum absolute atomic E-state index is 12.3. The van der Waals surface area contributed by atoms with Crippen LogP contribution in [0, 0.1) is 17.8 Å². The Balaban J connectivity index is 2.74. The molecule has 0 aliphatic heterocycles. The average Bonchev–Trinajstić information content (AvgIpc) is 2.43. The second-order valence-corrected chi connectivity index (χ2v) is 6.25. The van der Waals surface area contributed by atoms with Crippen LogP contribution in [0.4, 0.5) is 5.69 Å². The van der Waals surface area contributed by atoms with Gasteiger partial charge < -0.3 is 15.8 Å². The summed E-state index contributed by atoms with van der Waals surface area (Å²) in [5, 5.41) is 2.95. The van der Waals surface area contributed by atoms with Crippen LogP contribution in [0.1, 0.15) is 34.1 Å². The van der Waals surface area contributed by atoms with E-state index in [4.69, 9.17) is 10.5 Å². The van der Waals surface area contributed by atoms with Crippen molar-refractivity contribution in [2.45, 2.75) is 34.1 Å². The molecule has 4 heteroatoms. The molecule has 1 aromatic rings. The first-order valence-corrected chi connectivity index (χ1v) is 7.66. The molecule has 0 fully saturated rings. The summed E-state index contributed by atoms with van der Waals surface area (Å²) in [4.78, 5) is 12.3. The van der Waals surface area contributed by atoms with Crippen molar-refractivity contribution in [1.82, 2.24) is 0 Å². The van der Waals surface area contributed by atoms with E-state index in [2.05, 4.69) is 33.0 Å². The van der Waals surface area contributed by atoms with Gasteiger partial charge in [0.25, 0.3) is 0 Å². The summed E-state index contributed by atoms with van der Waals surface area (Å²) >= 11 is 0. The fraction of sp³-hybridized carbons (Fsp3) is 0.588. The van der Waals surface area contributed by atoms with Gasteiger partial charge in [-0.3, -0.25) is 4.79 Å². The number of ether oxygens (including phenoxy) is 1. The number of hydrogen-bond acceptors (Lipinski definition) is 3. The topological polar surface area (TPSA) is 64.3 Å². The summed E-state index contributed by atoms with van der Waals surface area (Å²) in [7, 11) is 0. The molecule has 1 unspecified atom stereocenters. The first kappa shape index (κ1) is 17.5. The minimum atomic E-state index is -0.164. The predicted molar refractivity (Wildman–Crippen MR) is 87.4 cm³/mol. The van der Waals surface area contributed by atoms with Crippen LogP contribution in [0.25, 0.3) is 0 Å². The first-order valence-electron chi connectivity index (χ1n) is 7.66. The third-order valence-corrected chi connectivity index (χ3v) is 3.13. The Morgan fingerprint density at radius 1 is 1.19 bits per heavy atom. The molecule has 0 bridgehead atoms. The molecule has 1 aromatic carbocycles. The molecule has 21 heavy (non-hydrogen) atoms. The standard InChI is InChI=1S/C17H28N2O2/c1-12(2)9-14(10-18)17(20)19-15-7-5-6-8-16(15)21-11-13(3)4/h5-8,12-14H,9-11,18H2,1-4H3,(H,19,20). The fourth-order valence-corrected chi connectivity index (χ4v) is 2.07. The lowest BCUT2D eigenvalue weighted by Gasteiger charge is -2.18. The van der Waals surface area contributed by atoms with Crippen LogP contribution in [0.15, 0.2) is 24.3 Å². The van der Waals surface area contributed by atoms with E-state index in [9.17, 15) is 4.79 Å². The Kier molecular flexibility index (Phi) is 7.23. The van der Waals surface area contributed by atoms with Gasteiger partial charge in [-0.1, -0.05) is 39.8 Å². The lowest BCUT2D eigenvalue weighted by atomic mass is 9.96. The van der Waals surface area contributed by atoms with Gasteiger partial charge in [-0.15, -0.1) is 0 Å². The van der Waals surface area contributed by atoms with Crippen LogP contribution in [0.2, 0.25) is 0 Å². The van der Waals surface area contributed by atoms with E-state index in [0.29, 0.717) is 36.4 Å². The summed E-state index contributed by atoms with van der Waals surface area (Å²) in [6.07, 6.45) is 0.789. The molecule has 0 aliphatic carbocycles. The molecule has 0 heterocycles. The van der Waals surface area contributed by atoms with Gasteiger partial charge >= 0.3 is 0 Å². The number of nitrogens with two attached hydrogens (primary N) is 1. The zero-order valence-corrected chi connectivity index (χ0v) is 13.6. The van der Waals surface area contributed by atoms with E-state index in [1.807, 2.05) is 24.3 Å². The summed E-state index contributed by atoms with van der Waals surface area (Å²) in [6, 6.07) is 7.52. The molecule has 1 atom stereocenters. The van der Waals surface area contributed by atoms with Gasteiger partial charge in [0.15, 0.2) is 0 Å². The van der Waals surface area contributed by atoms with E-state index in [-0.39, 0.29) is 11.8 Å². The number of nitrogens with one attached hydrogen (secondary N) is 1. The van der Waals surface area contributed by atoms with Gasteiger partial charge in [0.1, 0.15) is 5.75 Å². The van der Waals surface area contributed by atoms with E-state index >= 15 is 0 Å². The van der Waals surface area contributed by atoms with Crippen LogP contribution in [-0.2, 0) is 4.79 Å². The van der Waals surface area contributed by atoms with Crippen LogP contribution in [-0.4, -0.2) is 19.1 Å². The molecule has 0 saturated carbocycles. The molecule has 0 aliphatic rings. The molecule has 118 valence electrons. The van der Waals surface area contributed by atoms with Crippen molar-refractivity contribution in [1.29, 1.82) is 0 Å². The van der Waals surface area contributed by atoms with E-state index in [1.165, 1.54) is 0 Å². The quantitative estimate of drug-likeness (QED) is 0.773. The minimum absolute atomic E-state index is 0.0354. The number of rotatable bonds is 8. The van der Waals surface area contributed by atoms with E-state index in [1.54, 1.807) is 0 Å². The van der Waals surface area contributed by atoms with Gasteiger partial charge in [-0.2, -0.15) is 0 Å². The highest BCUT2D eigenvalue weighted by molar-refractivity contribution is 5.94. The second-order valence-electron chi connectivity index (χ2n) is 6.25. The normalized spacial score (nSPS) is 12.5. The molecule has 1 amide bonds. The smallest absolute Gasteiger partial charge is 0.228 e. The first-order chi connectivity index (χ1) is 9.93. The van der Waals surface area contributed by atoms with Crippen LogP contribution in [0.3, 0.4) is 0 Å². The lowest BCUT2D eigenvalue weighted by Crippen LogP contribution is -2.30. The second kappa shape index (κ2) is 8.67. The largest absolute Gasteiger partial charge is 0.491 e. The van der Waals surface area contributed by atoms with Crippen molar-refractivity contribution in [2.75, 3.05) is 18.5 Å². The maximum Gasteiger partial charge on any atom is 0.228 e. The molecule has 0 spiro atoms. The Hall–Kier alpha value is -1.55. The van der Waals surface area contributed by atoms with Gasteiger partial charge in [-0.25, -0.2) is 0 Å². The Bertz CT molecular complexity index is 444. The van der Waals surface area contributed by atoms with Crippen molar-refractivity contribution in [3.05, 3.63) is 24.3 Å². The van der Waals surface area contributed by atoms with Crippen molar-refractivity contribution in [3.8, 4) is 5.75 Å². The average molecular weight is 292 g/mol. The van der Waals surface area contributed by atoms with Gasteiger partial charge in [0.05, 0.1) is 18.2 Å². The highest BCUT2D eigenvalue weighted by Crippen LogP contribution is 2.25. The zero-order valence-electron chi connectivity index (χ0n) is 13.6. The third-order valence-electron chi connectivity index (χ3n) is 3.13. The van der Waals surface area contributed by atoms with E-state index in [0.717, 1.165) is 6.42 Å². The molecular formula is C17H28N2O2. The third kappa shape index (κ3) is 6.17. The molecule has 0 saturated heterocycles. The van der Waals surface area contributed by atoms with Gasteiger partial charge in [-0.05, 0) is 30.4 Å². The van der Waals surface area contributed by atoms with Crippen LogP contribution < -0.4 is 15.8 Å². The Labute approximate surface area is 128 Å². The number of amides is 1. The molecule has 3 N–H and O–H groups in total. The number of benzene rings is 1. The lowest BCUT2D eigenvalue weighted by molar-refractivity contribution is -0.120. The Morgan fingerprint density at radius 2 is 1.86 bits per heavy atom. The van der Waals surface area contributed by atoms with Crippen molar-refractivity contribution in [3.63, 3.8) is 0 Å². The number of carbonyl (C=O) groups excluding carboxylic acids is 1. The summed E-state index contributed by atoms with van der Waals surface area (Å²) in [5.41, 5.74) is 6.43. The molecule has 4 nitrogen and oxygen atoms in total. The Morgan fingerprint density at radius 3 is 2.43 bits per heavy atom. The number of hydrogen-bond donors (Lipinski definition) is 2. The maximum atomic E-state index is 12.3. The van der Waals surface area contributed by atoms with Gasteiger partial charge in [0.2, 0.25) is 5.91 Å². The highest BCUT2D eigenvalue weighted by atomic mass is 16.5. The highest BCUT2D eigenvalue weighted by Gasteiger charge is 2.19. The number of anilines is 1. The molecule has 1 rings (SSSR count). The summed E-state index contributed by atoms with van der Waals surface area (Å²) in [5.74, 6) is 1.39. The SMILES string of the molecule is CC(C)COc1ccccc1NC(=O)C(CN)CC(C)C. The monoisotopic (exact) mass is 292 g/mol. The van der Waals surface area contributed by atoms with Gasteiger partial charge in [0, 0.05) is 6.54 Å². The van der Waals surface area contributed by atoms with Crippen molar-refractivity contribution in [2.24, 2.45) is 23.5 Å². The predicted octanol–water partition coefficient (Wildman–Crippen LogP) is 3.28. The summed E-state index contributed by atoms with van der Waals surface area (Å²) in [6.45, 7) is 9.35. The molecular weight excluding hydrogens is 264 g/mol. The van der Waals surface area contributed by atoms with Crippen LogP contribution in [0.5, 0.6) is 5.75 Å². The van der Waals surface area contributed by atoms with Crippen molar-refractivity contribution < 1.29 is 9.53 Å².